The summed E-state index contributed by atoms with van der Waals surface area (Å²) in [6.45, 7) is -3.70. The fourth-order valence-corrected chi connectivity index (χ4v) is 5.53. The molecule has 19 atom stereocenters. The maximum absolute atomic E-state index is 12.3. The zero-order valence-corrected chi connectivity index (χ0v) is 25.6. The van der Waals surface area contributed by atoms with E-state index in [1.165, 1.54) is 0 Å². The van der Waals surface area contributed by atoms with Crippen LogP contribution in [0.3, 0.4) is 0 Å². The van der Waals surface area contributed by atoms with Gasteiger partial charge in [0, 0.05) is 6.92 Å². The SMILES string of the molecule is CC(=O)N[C@H]1[C@H](O[C@H]2[C@@H](O)[C@@H](CO)O[C@@H](O[C@@H]([C@H](O)[C@@H](O)CO)[C@H](O)CO)[C@@H]2O)O[C@H](CO)[C@@H](O)[C@@H]1O[C@@H]1O[C@H](CO)[C@H](O)[C@H](O)[C@H]1O. The van der Waals surface area contributed by atoms with Crippen LogP contribution in [0.5, 0.6) is 0 Å². The van der Waals surface area contributed by atoms with Crippen molar-refractivity contribution in [3.8, 4) is 0 Å². The number of aliphatic hydroxyl groups excluding tert-OH is 14. The highest BCUT2D eigenvalue weighted by Gasteiger charge is 2.55. The van der Waals surface area contributed by atoms with E-state index in [4.69, 9.17) is 28.4 Å². The lowest BCUT2D eigenvalue weighted by Gasteiger charge is -2.49. The normalized spacial score (nSPS) is 43.3. The number of nitrogens with one attached hydrogen (secondary N) is 1. The molecule has 0 spiro atoms. The lowest BCUT2D eigenvalue weighted by molar-refractivity contribution is -0.371. The van der Waals surface area contributed by atoms with Crippen LogP contribution in [-0.4, -0.2) is 227 Å². The first-order valence-corrected chi connectivity index (χ1v) is 15.0. The first-order chi connectivity index (χ1) is 22.6. The second-order valence-corrected chi connectivity index (χ2v) is 11.6. The Kier molecular flexibility index (Phi) is 15.6. The molecule has 22 nitrogen and oxygen atoms in total. The van der Waals surface area contributed by atoms with Gasteiger partial charge in [-0.2, -0.15) is 0 Å². The van der Waals surface area contributed by atoms with E-state index < -0.39 is 155 Å². The molecule has 3 saturated heterocycles. The van der Waals surface area contributed by atoms with Crippen molar-refractivity contribution in [2.45, 2.75) is 123 Å². The first kappa shape index (κ1) is 41.1. The molecular weight excluding hydrogens is 662 g/mol. The fraction of sp³-hybridized carbons (Fsp3) is 0.962. The standard InChI is InChI=1S/C26H47NO21/c1-7(33)27-13-22(47-25-19(41)18(40)15(37)10(4-30)44-25)16(38)11(5-31)43-24(13)48-23-17(39)12(6-32)45-26(20(23)42)46-21(9(35)3-29)14(36)8(34)2-28/h8-26,28-32,34-42H,2-6H2,1H3,(H,27,33)/t8-,9+,10+,11+,12+,13+,14+,15-,16+,17-,18-,19+,20+,21+,22+,23-,24-,25-,26-/m0/s1. The Labute approximate surface area is 272 Å². The summed E-state index contributed by atoms with van der Waals surface area (Å²) in [5.41, 5.74) is 0. The first-order valence-electron chi connectivity index (χ1n) is 15.0. The van der Waals surface area contributed by atoms with Crippen molar-refractivity contribution in [2.24, 2.45) is 0 Å². The van der Waals surface area contributed by atoms with Gasteiger partial charge in [-0.1, -0.05) is 0 Å². The van der Waals surface area contributed by atoms with Crippen LogP contribution in [0.1, 0.15) is 6.92 Å². The molecule has 0 aromatic carbocycles. The van der Waals surface area contributed by atoms with Gasteiger partial charge < -0.3 is 105 Å². The van der Waals surface area contributed by atoms with Gasteiger partial charge in [0.1, 0.15) is 97.6 Å². The Morgan fingerprint density at radius 3 is 1.62 bits per heavy atom. The summed E-state index contributed by atoms with van der Waals surface area (Å²) in [5.74, 6) is -0.783. The van der Waals surface area contributed by atoms with E-state index in [0.29, 0.717) is 0 Å². The number of carbonyl (C=O) groups excluding carboxylic acids is 1. The molecule has 0 aromatic rings. The number of hydrogen-bond donors (Lipinski definition) is 15. The van der Waals surface area contributed by atoms with Crippen molar-refractivity contribution < 1.29 is 105 Å². The average molecular weight is 710 g/mol. The summed E-state index contributed by atoms with van der Waals surface area (Å²) in [7, 11) is 0. The van der Waals surface area contributed by atoms with Crippen molar-refractivity contribution in [1.82, 2.24) is 5.32 Å². The zero-order valence-electron chi connectivity index (χ0n) is 25.6. The van der Waals surface area contributed by atoms with Crippen molar-refractivity contribution in [3.05, 3.63) is 0 Å². The van der Waals surface area contributed by atoms with Gasteiger partial charge in [-0.05, 0) is 0 Å². The minimum absolute atomic E-state index is 0.783. The van der Waals surface area contributed by atoms with Gasteiger partial charge in [-0.25, -0.2) is 0 Å². The summed E-state index contributed by atoms with van der Waals surface area (Å²) in [4.78, 5) is 12.3. The third-order valence-corrected chi connectivity index (χ3v) is 8.25. The molecule has 1 amide bonds. The van der Waals surface area contributed by atoms with Crippen molar-refractivity contribution >= 4 is 5.91 Å². The second kappa shape index (κ2) is 18.2. The van der Waals surface area contributed by atoms with E-state index in [1.54, 1.807) is 0 Å². The van der Waals surface area contributed by atoms with Crippen LogP contribution in [-0.2, 0) is 33.2 Å². The van der Waals surface area contributed by atoms with Crippen LogP contribution in [0.2, 0.25) is 0 Å². The molecule has 282 valence electrons. The van der Waals surface area contributed by atoms with Crippen molar-refractivity contribution in [3.63, 3.8) is 0 Å². The Morgan fingerprint density at radius 1 is 0.625 bits per heavy atom. The Hall–Kier alpha value is -1.33. The molecule has 0 radical (unpaired) electrons. The van der Waals surface area contributed by atoms with E-state index >= 15 is 0 Å². The lowest BCUT2D eigenvalue weighted by Crippen LogP contribution is -2.70. The minimum Gasteiger partial charge on any atom is -0.394 e. The van der Waals surface area contributed by atoms with Gasteiger partial charge in [-0.15, -0.1) is 0 Å². The highest BCUT2D eigenvalue weighted by Crippen LogP contribution is 2.33. The summed E-state index contributed by atoms with van der Waals surface area (Å²) < 4.78 is 33.3. The number of carbonyl (C=O) groups is 1. The van der Waals surface area contributed by atoms with E-state index in [9.17, 15) is 76.3 Å². The Balaban J connectivity index is 1.94. The summed E-state index contributed by atoms with van der Waals surface area (Å²) in [6, 6.07) is -1.63. The molecule has 0 aliphatic carbocycles. The lowest BCUT2D eigenvalue weighted by atomic mass is 9.94. The van der Waals surface area contributed by atoms with Gasteiger partial charge >= 0.3 is 0 Å². The van der Waals surface area contributed by atoms with Crippen LogP contribution < -0.4 is 5.32 Å². The highest BCUT2D eigenvalue weighted by atomic mass is 16.7. The van der Waals surface area contributed by atoms with Crippen LogP contribution in [0, 0.1) is 0 Å². The molecule has 3 fully saturated rings. The molecule has 3 heterocycles. The third-order valence-electron chi connectivity index (χ3n) is 8.25. The van der Waals surface area contributed by atoms with Gasteiger partial charge in [0.2, 0.25) is 5.91 Å². The highest BCUT2D eigenvalue weighted by molar-refractivity contribution is 5.73. The Bertz CT molecular complexity index is 982. The zero-order chi connectivity index (χ0) is 36.0. The second-order valence-electron chi connectivity index (χ2n) is 11.6. The molecule has 0 aromatic heterocycles. The van der Waals surface area contributed by atoms with Gasteiger partial charge in [0.05, 0.1) is 33.0 Å². The molecule has 3 aliphatic heterocycles. The number of ether oxygens (including phenoxy) is 6. The van der Waals surface area contributed by atoms with E-state index in [2.05, 4.69) is 5.32 Å². The molecule has 0 unspecified atom stereocenters. The van der Waals surface area contributed by atoms with Crippen LogP contribution >= 0.6 is 0 Å². The predicted molar refractivity (Wildman–Crippen MR) is 148 cm³/mol. The molecule has 3 aliphatic rings. The molecule has 15 N–H and O–H groups in total. The Morgan fingerprint density at radius 2 is 1.10 bits per heavy atom. The molecule has 48 heavy (non-hydrogen) atoms. The third kappa shape index (κ3) is 9.12. The number of hydrogen-bond acceptors (Lipinski definition) is 21. The maximum Gasteiger partial charge on any atom is 0.217 e. The minimum atomic E-state index is -2.11. The van der Waals surface area contributed by atoms with Gasteiger partial charge in [0.25, 0.3) is 0 Å². The van der Waals surface area contributed by atoms with Gasteiger partial charge in [0.15, 0.2) is 18.9 Å². The summed E-state index contributed by atoms with van der Waals surface area (Å²) in [6.07, 6.45) is -33.3. The maximum atomic E-state index is 12.3. The van der Waals surface area contributed by atoms with E-state index in [-0.39, 0.29) is 0 Å². The smallest absolute Gasteiger partial charge is 0.217 e. The van der Waals surface area contributed by atoms with E-state index in [0.717, 1.165) is 6.92 Å². The number of amides is 1. The van der Waals surface area contributed by atoms with Crippen LogP contribution in [0.25, 0.3) is 0 Å². The van der Waals surface area contributed by atoms with Crippen LogP contribution in [0.4, 0.5) is 0 Å². The predicted octanol–water partition coefficient (Wildman–Crippen LogP) is -9.97. The number of rotatable bonds is 15. The molecule has 0 bridgehead atoms. The van der Waals surface area contributed by atoms with E-state index in [1.807, 2.05) is 0 Å². The fourth-order valence-electron chi connectivity index (χ4n) is 5.53. The average Bonchev–Trinajstić information content (AvgIpc) is 3.07. The quantitative estimate of drug-likeness (QED) is 0.0750. The molecule has 3 rings (SSSR count). The van der Waals surface area contributed by atoms with Crippen LogP contribution in [0.15, 0.2) is 0 Å². The van der Waals surface area contributed by atoms with Gasteiger partial charge in [-0.3, -0.25) is 4.79 Å². The largest absolute Gasteiger partial charge is 0.394 e. The topological polar surface area (TPSA) is 368 Å². The van der Waals surface area contributed by atoms with Crippen molar-refractivity contribution in [2.75, 3.05) is 33.0 Å². The summed E-state index contributed by atoms with van der Waals surface area (Å²) >= 11 is 0. The van der Waals surface area contributed by atoms with Crippen molar-refractivity contribution in [1.29, 1.82) is 0 Å². The summed E-state index contributed by atoms with van der Waals surface area (Å²) in [5, 5.41) is 145. The number of aliphatic hydroxyl groups is 14. The molecule has 22 heteroatoms. The monoisotopic (exact) mass is 709 g/mol. The molecule has 0 saturated carbocycles. The molecular formula is C26H47NO21.